The van der Waals surface area contributed by atoms with Gasteiger partial charge in [0.1, 0.15) is 0 Å². The van der Waals surface area contributed by atoms with Crippen molar-refractivity contribution in [3.8, 4) is 0 Å². The van der Waals surface area contributed by atoms with E-state index in [0.29, 0.717) is 6.04 Å². The van der Waals surface area contributed by atoms with Crippen molar-refractivity contribution in [2.45, 2.75) is 39.7 Å². The van der Waals surface area contributed by atoms with E-state index in [2.05, 4.69) is 72.9 Å². The molecule has 0 radical (unpaired) electrons. The number of halogens is 1. The van der Waals surface area contributed by atoms with E-state index in [1.807, 2.05) is 0 Å². The molecule has 0 aromatic heterocycles. The van der Waals surface area contributed by atoms with Crippen LogP contribution in [0.3, 0.4) is 0 Å². The summed E-state index contributed by atoms with van der Waals surface area (Å²) in [5.41, 5.74) is 1.45. The van der Waals surface area contributed by atoms with Gasteiger partial charge in [-0.25, -0.2) is 0 Å². The number of hydrogen-bond acceptors (Lipinski definition) is 1. The lowest BCUT2D eigenvalue weighted by Gasteiger charge is -2.20. The Labute approximate surface area is 113 Å². The maximum absolute atomic E-state index is 3.59. The Morgan fingerprint density at radius 3 is 2.44 bits per heavy atom. The smallest absolute Gasteiger partial charge is 0.0330 e. The summed E-state index contributed by atoms with van der Waals surface area (Å²) >= 11 is 2.43. The number of benzene rings is 1. The summed E-state index contributed by atoms with van der Waals surface area (Å²) < 4.78 is 1.37. The number of rotatable bonds is 6. The molecular formula is C14H22IN. The minimum Gasteiger partial charge on any atom is -0.310 e. The van der Waals surface area contributed by atoms with Crippen molar-refractivity contribution < 1.29 is 0 Å². The molecular weight excluding hydrogens is 309 g/mol. The Balaban J connectivity index is 2.73. The van der Waals surface area contributed by atoms with Crippen molar-refractivity contribution in [2.24, 2.45) is 5.92 Å². The number of hydrogen-bond donors (Lipinski definition) is 1. The molecule has 1 aromatic carbocycles. The van der Waals surface area contributed by atoms with Crippen LogP contribution in [0.15, 0.2) is 24.3 Å². The van der Waals surface area contributed by atoms with Crippen LogP contribution in [0, 0.1) is 9.49 Å². The lowest BCUT2D eigenvalue weighted by atomic mass is 9.97. The molecule has 0 aliphatic carbocycles. The van der Waals surface area contributed by atoms with E-state index in [9.17, 15) is 0 Å². The summed E-state index contributed by atoms with van der Waals surface area (Å²) in [4.78, 5) is 0. The van der Waals surface area contributed by atoms with Crippen molar-refractivity contribution in [2.75, 3.05) is 6.54 Å². The lowest BCUT2D eigenvalue weighted by molar-refractivity contribution is 0.447. The Morgan fingerprint density at radius 1 is 1.19 bits per heavy atom. The molecule has 16 heavy (non-hydrogen) atoms. The van der Waals surface area contributed by atoms with Crippen molar-refractivity contribution >= 4 is 22.6 Å². The minimum absolute atomic E-state index is 0.514. The van der Waals surface area contributed by atoms with Crippen LogP contribution in [0.4, 0.5) is 0 Å². The van der Waals surface area contributed by atoms with Crippen molar-refractivity contribution in [3.05, 3.63) is 33.4 Å². The first kappa shape index (κ1) is 14.0. The van der Waals surface area contributed by atoms with Gasteiger partial charge < -0.3 is 5.32 Å². The fourth-order valence-corrected chi connectivity index (χ4v) is 2.63. The minimum atomic E-state index is 0.514. The summed E-state index contributed by atoms with van der Waals surface area (Å²) in [6, 6.07) is 9.19. The molecule has 1 atom stereocenters. The summed E-state index contributed by atoms with van der Waals surface area (Å²) in [6.45, 7) is 7.80. The Morgan fingerprint density at radius 2 is 1.88 bits per heavy atom. The van der Waals surface area contributed by atoms with Crippen LogP contribution in [0.25, 0.3) is 0 Å². The van der Waals surface area contributed by atoms with E-state index in [1.54, 1.807) is 0 Å². The summed E-state index contributed by atoms with van der Waals surface area (Å²) in [5.74, 6) is 0.780. The molecule has 0 fully saturated rings. The van der Waals surface area contributed by atoms with E-state index in [-0.39, 0.29) is 0 Å². The highest BCUT2D eigenvalue weighted by Gasteiger charge is 2.13. The van der Waals surface area contributed by atoms with Gasteiger partial charge in [-0.3, -0.25) is 0 Å². The molecule has 0 saturated heterocycles. The van der Waals surface area contributed by atoms with Gasteiger partial charge in [0.05, 0.1) is 0 Å². The first-order valence-electron chi connectivity index (χ1n) is 6.13. The van der Waals surface area contributed by atoms with Gasteiger partial charge in [0.25, 0.3) is 0 Å². The lowest BCUT2D eigenvalue weighted by Crippen LogP contribution is -2.22. The third-order valence-electron chi connectivity index (χ3n) is 2.76. The topological polar surface area (TPSA) is 12.0 Å². The molecule has 90 valence electrons. The van der Waals surface area contributed by atoms with Gasteiger partial charge in [-0.2, -0.15) is 0 Å². The zero-order valence-electron chi connectivity index (χ0n) is 10.5. The van der Waals surface area contributed by atoms with E-state index >= 15 is 0 Å². The fraction of sp³-hybridized carbons (Fsp3) is 0.571. The van der Waals surface area contributed by atoms with Crippen LogP contribution in [-0.4, -0.2) is 6.54 Å². The van der Waals surface area contributed by atoms with Crippen LogP contribution in [-0.2, 0) is 0 Å². The summed E-state index contributed by atoms with van der Waals surface area (Å²) in [6.07, 6.45) is 2.51. The first-order valence-corrected chi connectivity index (χ1v) is 7.20. The molecule has 0 saturated carbocycles. The fourth-order valence-electron chi connectivity index (χ4n) is 1.87. The Hall–Kier alpha value is -0.0900. The molecule has 1 aromatic rings. The van der Waals surface area contributed by atoms with Gasteiger partial charge in [0.2, 0.25) is 0 Å². The average molecular weight is 331 g/mol. The molecule has 0 spiro atoms. The maximum atomic E-state index is 3.59. The van der Waals surface area contributed by atoms with Crippen LogP contribution in [0.5, 0.6) is 0 Å². The molecule has 0 heterocycles. The zero-order chi connectivity index (χ0) is 12.0. The quantitative estimate of drug-likeness (QED) is 0.763. The average Bonchev–Trinajstić information content (AvgIpc) is 2.25. The molecule has 1 N–H and O–H groups in total. The molecule has 0 amide bonds. The summed E-state index contributed by atoms with van der Waals surface area (Å²) in [7, 11) is 0. The second kappa shape index (κ2) is 7.28. The largest absolute Gasteiger partial charge is 0.310 e. The molecule has 1 nitrogen and oxygen atoms in total. The SMILES string of the molecule is CCNC(CCC(C)C)c1ccccc1I. The van der Waals surface area contributed by atoms with E-state index in [1.165, 1.54) is 22.0 Å². The van der Waals surface area contributed by atoms with E-state index in [4.69, 9.17) is 0 Å². The van der Waals surface area contributed by atoms with E-state index in [0.717, 1.165) is 12.5 Å². The second-order valence-electron chi connectivity index (χ2n) is 4.60. The zero-order valence-corrected chi connectivity index (χ0v) is 12.6. The Kier molecular flexibility index (Phi) is 6.36. The predicted molar refractivity (Wildman–Crippen MR) is 79.6 cm³/mol. The van der Waals surface area contributed by atoms with Gasteiger partial charge >= 0.3 is 0 Å². The van der Waals surface area contributed by atoms with Crippen molar-refractivity contribution in [1.29, 1.82) is 0 Å². The molecule has 1 unspecified atom stereocenters. The monoisotopic (exact) mass is 331 g/mol. The third-order valence-corrected chi connectivity index (χ3v) is 3.75. The van der Waals surface area contributed by atoms with E-state index < -0.39 is 0 Å². The van der Waals surface area contributed by atoms with Crippen LogP contribution >= 0.6 is 22.6 Å². The highest BCUT2D eigenvalue weighted by Crippen LogP contribution is 2.25. The van der Waals surface area contributed by atoms with Crippen LogP contribution in [0.1, 0.15) is 45.2 Å². The predicted octanol–water partition coefficient (Wildman–Crippen LogP) is 4.38. The van der Waals surface area contributed by atoms with Crippen LogP contribution in [0.2, 0.25) is 0 Å². The standard InChI is InChI=1S/C14H22IN/c1-4-16-14(10-9-11(2)3)12-7-5-6-8-13(12)15/h5-8,11,14,16H,4,9-10H2,1-3H3. The Bertz CT molecular complexity index is 309. The first-order chi connectivity index (χ1) is 7.65. The van der Waals surface area contributed by atoms with Crippen LogP contribution < -0.4 is 5.32 Å². The normalized spacial score (nSPS) is 13.1. The molecule has 0 aliphatic heterocycles. The molecule has 0 bridgehead atoms. The molecule has 0 aliphatic rings. The molecule has 1 rings (SSSR count). The van der Waals surface area contributed by atoms with Gasteiger partial charge in [-0.15, -0.1) is 0 Å². The maximum Gasteiger partial charge on any atom is 0.0330 e. The second-order valence-corrected chi connectivity index (χ2v) is 5.77. The van der Waals surface area contributed by atoms with Gasteiger partial charge in [0.15, 0.2) is 0 Å². The third kappa shape index (κ3) is 4.42. The highest BCUT2D eigenvalue weighted by atomic mass is 127. The highest BCUT2D eigenvalue weighted by molar-refractivity contribution is 14.1. The van der Waals surface area contributed by atoms with Gasteiger partial charge in [0, 0.05) is 9.61 Å². The summed E-state index contributed by atoms with van der Waals surface area (Å²) in [5, 5.41) is 3.59. The van der Waals surface area contributed by atoms with Crippen molar-refractivity contribution in [1.82, 2.24) is 5.32 Å². The van der Waals surface area contributed by atoms with Crippen molar-refractivity contribution in [3.63, 3.8) is 0 Å². The molecule has 2 heteroatoms. The van der Waals surface area contributed by atoms with Gasteiger partial charge in [-0.05, 0) is 59.5 Å². The number of nitrogens with one attached hydrogen (secondary N) is 1. The van der Waals surface area contributed by atoms with Gasteiger partial charge in [-0.1, -0.05) is 39.0 Å².